The second-order valence-electron chi connectivity index (χ2n) is 7.76. The molecule has 0 bridgehead atoms. The van der Waals surface area contributed by atoms with Crippen LogP contribution in [0, 0.1) is 22.7 Å². The molecular formula is C20H40N4O4P2. The standard InChI is InChI=1S/C20H40N4O4P2/c1-17(2)23(18(3)4)29(25-13-9-11-21)27-15-16-28-30(26-14-10-12-22)24(19(5)6)20(7)8/h17-20H,9-10,13-16H2,1-8H3. The Morgan fingerprint density at radius 3 is 1.07 bits per heavy atom. The van der Waals surface area contributed by atoms with Crippen molar-refractivity contribution in [3.63, 3.8) is 0 Å². The summed E-state index contributed by atoms with van der Waals surface area (Å²) in [4.78, 5) is 0. The molecule has 0 saturated carbocycles. The van der Waals surface area contributed by atoms with Crippen LogP contribution in [-0.2, 0) is 18.1 Å². The molecule has 0 aliphatic carbocycles. The summed E-state index contributed by atoms with van der Waals surface area (Å²) in [6.45, 7) is 18.3. The molecule has 0 amide bonds. The van der Waals surface area contributed by atoms with Crippen LogP contribution in [0.25, 0.3) is 0 Å². The van der Waals surface area contributed by atoms with Gasteiger partial charge in [0.2, 0.25) is 0 Å². The van der Waals surface area contributed by atoms with Crippen LogP contribution in [0.5, 0.6) is 0 Å². The summed E-state index contributed by atoms with van der Waals surface area (Å²) in [7, 11) is -2.57. The summed E-state index contributed by atoms with van der Waals surface area (Å²) in [6, 6.07) is 5.22. The fraction of sp³-hybridized carbons (Fsp3) is 0.900. The fourth-order valence-electron chi connectivity index (χ4n) is 2.86. The zero-order valence-electron chi connectivity index (χ0n) is 19.9. The molecule has 0 heterocycles. The molecular weight excluding hydrogens is 422 g/mol. The van der Waals surface area contributed by atoms with Crippen molar-refractivity contribution >= 4 is 17.1 Å². The van der Waals surface area contributed by atoms with Crippen molar-refractivity contribution in [3.8, 4) is 12.1 Å². The summed E-state index contributed by atoms with van der Waals surface area (Å²) in [5, 5.41) is 17.6. The Labute approximate surface area is 186 Å². The zero-order valence-corrected chi connectivity index (χ0v) is 21.7. The number of nitriles is 2. The van der Waals surface area contributed by atoms with E-state index in [1.54, 1.807) is 0 Å². The lowest BCUT2D eigenvalue weighted by Gasteiger charge is -2.36. The molecule has 0 aliphatic heterocycles. The molecule has 0 aromatic carbocycles. The predicted molar refractivity (Wildman–Crippen MR) is 122 cm³/mol. The third-order valence-corrected chi connectivity index (χ3v) is 8.03. The van der Waals surface area contributed by atoms with Crippen molar-refractivity contribution in [2.24, 2.45) is 0 Å². The topological polar surface area (TPSA) is 91.0 Å². The quantitative estimate of drug-likeness (QED) is 0.205. The molecule has 0 spiro atoms. The van der Waals surface area contributed by atoms with Gasteiger partial charge in [-0.05, 0) is 55.4 Å². The summed E-state index contributed by atoms with van der Waals surface area (Å²) >= 11 is 0. The van der Waals surface area contributed by atoms with Crippen molar-refractivity contribution in [3.05, 3.63) is 0 Å². The smallest absolute Gasteiger partial charge is 0.259 e. The number of rotatable bonds is 17. The van der Waals surface area contributed by atoms with E-state index in [0.717, 1.165) is 0 Å². The van der Waals surface area contributed by atoms with E-state index in [4.69, 9.17) is 28.6 Å². The zero-order chi connectivity index (χ0) is 23.1. The fourth-order valence-corrected chi connectivity index (χ4v) is 6.00. The van der Waals surface area contributed by atoms with E-state index in [-0.39, 0.29) is 24.2 Å². The summed E-state index contributed by atoms with van der Waals surface area (Å²) in [6.07, 6.45) is 0.664. The van der Waals surface area contributed by atoms with Crippen LogP contribution in [0.15, 0.2) is 0 Å². The first-order valence-electron chi connectivity index (χ1n) is 10.6. The number of nitrogens with zero attached hydrogens (tertiary/aromatic N) is 4. The maximum atomic E-state index is 8.81. The maximum absolute atomic E-state index is 8.81. The van der Waals surface area contributed by atoms with Crippen LogP contribution in [0.1, 0.15) is 68.2 Å². The second kappa shape index (κ2) is 17.2. The third kappa shape index (κ3) is 11.8. The van der Waals surface area contributed by atoms with E-state index in [1.165, 1.54) is 0 Å². The Kier molecular flexibility index (Phi) is 17.0. The van der Waals surface area contributed by atoms with Gasteiger partial charge >= 0.3 is 0 Å². The molecule has 10 heteroatoms. The van der Waals surface area contributed by atoms with Gasteiger partial charge in [0.15, 0.2) is 0 Å². The minimum atomic E-state index is -1.29. The first-order chi connectivity index (χ1) is 14.2. The maximum Gasteiger partial charge on any atom is 0.259 e. The van der Waals surface area contributed by atoms with E-state index >= 15 is 0 Å². The Balaban J connectivity index is 4.96. The van der Waals surface area contributed by atoms with Crippen LogP contribution in [0.4, 0.5) is 0 Å². The molecule has 0 aromatic rings. The molecule has 30 heavy (non-hydrogen) atoms. The molecule has 2 unspecified atom stereocenters. The van der Waals surface area contributed by atoms with E-state index in [9.17, 15) is 0 Å². The highest BCUT2D eigenvalue weighted by Crippen LogP contribution is 2.48. The normalized spacial score (nSPS) is 14.1. The average Bonchev–Trinajstić information content (AvgIpc) is 2.63. The molecule has 174 valence electrons. The lowest BCUT2D eigenvalue weighted by atomic mass is 10.3. The predicted octanol–water partition coefficient (Wildman–Crippen LogP) is 5.57. The molecule has 0 radical (unpaired) electrons. The highest BCUT2D eigenvalue weighted by molar-refractivity contribution is 7.45. The molecule has 0 aromatic heterocycles. The van der Waals surface area contributed by atoms with Gasteiger partial charge < -0.3 is 18.1 Å². The van der Waals surface area contributed by atoms with Crippen molar-refractivity contribution in [2.75, 3.05) is 26.4 Å². The largest absolute Gasteiger partial charge is 0.321 e. The van der Waals surface area contributed by atoms with E-state index in [0.29, 0.717) is 39.3 Å². The summed E-state index contributed by atoms with van der Waals surface area (Å²) < 4.78 is 28.3. The first-order valence-corrected chi connectivity index (χ1v) is 12.9. The van der Waals surface area contributed by atoms with E-state index < -0.39 is 17.1 Å². The van der Waals surface area contributed by atoms with Gasteiger partial charge in [-0.2, -0.15) is 10.5 Å². The van der Waals surface area contributed by atoms with Gasteiger partial charge in [0.05, 0.1) is 51.4 Å². The molecule has 8 nitrogen and oxygen atoms in total. The first kappa shape index (κ1) is 29.6. The molecule has 0 aliphatic rings. The number of hydrogen-bond donors (Lipinski definition) is 0. The van der Waals surface area contributed by atoms with Gasteiger partial charge in [-0.15, -0.1) is 0 Å². The molecule has 0 saturated heterocycles. The van der Waals surface area contributed by atoms with Crippen molar-refractivity contribution in [1.82, 2.24) is 9.34 Å². The van der Waals surface area contributed by atoms with E-state index in [2.05, 4.69) is 76.9 Å². The van der Waals surface area contributed by atoms with Gasteiger partial charge in [-0.25, -0.2) is 9.34 Å². The van der Waals surface area contributed by atoms with Crippen molar-refractivity contribution in [1.29, 1.82) is 10.5 Å². The minimum absolute atomic E-state index is 0.253. The van der Waals surface area contributed by atoms with Crippen molar-refractivity contribution in [2.45, 2.75) is 92.4 Å². The highest BCUT2D eigenvalue weighted by Gasteiger charge is 2.29. The SMILES string of the molecule is CC(C)N(C(C)C)P(OCCC#N)OCCOP(OCCC#N)N(C(C)C)C(C)C. The molecule has 0 rings (SSSR count). The molecule has 0 N–H and O–H groups in total. The summed E-state index contributed by atoms with van der Waals surface area (Å²) in [5.41, 5.74) is 0. The van der Waals surface area contributed by atoms with Crippen LogP contribution in [0.3, 0.4) is 0 Å². The Hall–Kier alpha value is -0.400. The monoisotopic (exact) mass is 462 g/mol. The van der Waals surface area contributed by atoms with Gasteiger partial charge in [0, 0.05) is 24.2 Å². The van der Waals surface area contributed by atoms with Crippen LogP contribution >= 0.6 is 17.1 Å². The lowest BCUT2D eigenvalue weighted by Crippen LogP contribution is -2.34. The van der Waals surface area contributed by atoms with Crippen LogP contribution < -0.4 is 0 Å². The second-order valence-corrected chi connectivity index (χ2v) is 10.7. The van der Waals surface area contributed by atoms with Gasteiger partial charge in [0.1, 0.15) is 0 Å². The average molecular weight is 463 g/mol. The Bertz CT molecular complexity index is 462. The Morgan fingerprint density at radius 2 is 0.833 bits per heavy atom. The van der Waals surface area contributed by atoms with Crippen molar-refractivity contribution < 1.29 is 18.1 Å². The van der Waals surface area contributed by atoms with E-state index in [1.807, 2.05) is 0 Å². The molecule has 2 atom stereocenters. The van der Waals surface area contributed by atoms with Gasteiger partial charge in [-0.3, -0.25) is 0 Å². The van der Waals surface area contributed by atoms with Gasteiger partial charge in [0.25, 0.3) is 17.1 Å². The number of hydrogen-bond acceptors (Lipinski definition) is 8. The highest BCUT2D eigenvalue weighted by atomic mass is 31.2. The minimum Gasteiger partial charge on any atom is -0.321 e. The van der Waals surface area contributed by atoms with Gasteiger partial charge in [-0.1, -0.05) is 0 Å². The van der Waals surface area contributed by atoms with Crippen LogP contribution in [-0.4, -0.2) is 59.9 Å². The lowest BCUT2D eigenvalue weighted by molar-refractivity contribution is 0.133. The Morgan fingerprint density at radius 1 is 0.567 bits per heavy atom. The van der Waals surface area contributed by atoms with Crippen LogP contribution in [0.2, 0.25) is 0 Å². The molecule has 0 fully saturated rings. The third-order valence-electron chi connectivity index (χ3n) is 3.81. The summed E-state index contributed by atoms with van der Waals surface area (Å²) in [5.74, 6) is 0.